The van der Waals surface area contributed by atoms with Crippen molar-refractivity contribution in [1.29, 1.82) is 0 Å². The van der Waals surface area contributed by atoms with Crippen LogP contribution in [-0.2, 0) is 17.8 Å². The lowest BCUT2D eigenvalue weighted by molar-refractivity contribution is -0.120. The van der Waals surface area contributed by atoms with Gasteiger partial charge in [-0.25, -0.2) is 0 Å². The minimum absolute atomic E-state index is 0.0167. The van der Waals surface area contributed by atoms with Gasteiger partial charge in [0, 0.05) is 11.6 Å². The molecule has 1 amide bonds. The van der Waals surface area contributed by atoms with Crippen LogP contribution >= 0.6 is 11.6 Å². The third kappa shape index (κ3) is 6.30. The summed E-state index contributed by atoms with van der Waals surface area (Å²) in [5.74, 6) is 0.792. The van der Waals surface area contributed by atoms with Gasteiger partial charge >= 0.3 is 0 Å². The summed E-state index contributed by atoms with van der Waals surface area (Å²) in [7, 11) is 1.63. The van der Waals surface area contributed by atoms with Crippen molar-refractivity contribution in [2.24, 2.45) is 0 Å². The van der Waals surface area contributed by atoms with Crippen LogP contribution in [0.2, 0.25) is 5.02 Å². The number of methoxy groups -OCH3 is 1. The molecule has 0 heterocycles. The van der Waals surface area contributed by atoms with Crippen LogP contribution in [0.5, 0.6) is 5.75 Å². The number of halogens is 1. The molecule has 0 bridgehead atoms. The Kier molecular flexibility index (Phi) is 6.91. The van der Waals surface area contributed by atoms with Crippen LogP contribution < -0.4 is 15.4 Å². The molecule has 0 saturated heterocycles. The lowest BCUT2D eigenvalue weighted by Gasteiger charge is -2.08. The van der Waals surface area contributed by atoms with Gasteiger partial charge in [0.25, 0.3) is 0 Å². The van der Waals surface area contributed by atoms with E-state index in [4.69, 9.17) is 16.3 Å². The zero-order chi connectivity index (χ0) is 16.5. The fraction of sp³-hybridized carbons (Fsp3) is 0.278. The Balaban J connectivity index is 1.62. The van der Waals surface area contributed by atoms with Gasteiger partial charge in [0.15, 0.2) is 0 Å². The van der Waals surface area contributed by atoms with E-state index < -0.39 is 0 Å². The molecule has 5 heteroatoms. The molecular formula is C18H21ClN2O2. The first-order valence-electron chi connectivity index (χ1n) is 7.52. The number of amides is 1. The molecule has 0 radical (unpaired) electrons. The second kappa shape index (κ2) is 9.18. The smallest absolute Gasteiger partial charge is 0.234 e. The average Bonchev–Trinajstić information content (AvgIpc) is 2.59. The van der Waals surface area contributed by atoms with E-state index in [0.717, 1.165) is 29.3 Å². The molecule has 0 aliphatic carbocycles. The average molecular weight is 333 g/mol. The van der Waals surface area contributed by atoms with Crippen LogP contribution in [0.15, 0.2) is 48.5 Å². The van der Waals surface area contributed by atoms with E-state index in [9.17, 15) is 4.79 Å². The standard InChI is InChI=1S/C18H21ClN2O2/c1-23-17-8-4-15(5-9-17)12-21-18(22)13-20-11-10-14-2-6-16(19)7-3-14/h2-9,20H,10-13H2,1H3,(H,21,22). The fourth-order valence-corrected chi connectivity index (χ4v) is 2.22. The third-order valence-corrected chi connectivity index (χ3v) is 3.69. The summed E-state index contributed by atoms with van der Waals surface area (Å²) in [6, 6.07) is 15.4. The van der Waals surface area contributed by atoms with E-state index in [2.05, 4.69) is 10.6 Å². The minimum atomic E-state index is -0.0167. The number of carbonyl (C=O) groups excluding carboxylic acids is 1. The van der Waals surface area contributed by atoms with Crippen LogP contribution in [0.4, 0.5) is 0 Å². The second-order valence-corrected chi connectivity index (χ2v) is 5.61. The fourth-order valence-electron chi connectivity index (χ4n) is 2.09. The molecule has 0 saturated carbocycles. The van der Waals surface area contributed by atoms with Crippen molar-refractivity contribution in [2.45, 2.75) is 13.0 Å². The Hall–Kier alpha value is -2.04. The molecule has 122 valence electrons. The van der Waals surface area contributed by atoms with Crippen molar-refractivity contribution in [3.8, 4) is 5.75 Å². The number of carbonyl (C=O) groups is 1. The Morgan fingerprint density at radius 3 is 2.35 bits per heavy atom. The van der Waals surface area contributed by atoms with Gasteiger partial charge in [-0.3, -0.25) is 4.79 Å². The number of rotatable bonds is 8. The molecule has 2 aromatic rings. The molecule has 0 atom stereocenters. The molecule has 0 aromatic heterocycles. The Morgan fingerprint density at radius 1 is 1.04 bits per heavy atom. The highest BCUT2D eigenvalue weighted by Crippen LogP contribution is 2.11. The van der Waals surface area contributed by atoms with E-state index in [-0.39, 0.29) is 5.91 Å². The summed E-state index contributed by atoms with van der Waals surface area (Å²) in [6.45, 7) is 1.57. The van der Waals surface area contributed by atoms with Crippen molar-refractivity contribution in [2.75, 3.05) is 20.2 Å². The predicted octanol–water partition coefficient (Wildman–Crippen LogP) is 2.80. The SMILES string of the molecule is COc1ccc(CNC(=O)CNCCc2ccc(Cl)cc2)cc1. The Labute approximate surface area is 141 Å². The molecule has 0 aliphatic rings. The summed E-state index contributed by atoms with van der Waals surface area (Å²) in [4.78, 5) is 11.8. The second-order valence-electron chi connectivity index (χ2n) is 5.18. The van der Waals surface area contributed by atoms with Gasteiger partial charge in [0.05, 0.1) is 13.7 Å². The molecule has 2 aromatic carbocycles. The van der Waals surface area contributed by atoms with Gasteiger partial charge in [-0.05, 0) is 48.4 Å². The highest BCUT2D eigenvalue weighted by molar-refractivity contribution is 6.30. The van der Waals surface area contributed by atoms with Gasteiger partial charge < -0.3 is 15.4 Å². The molecule has 0 unspecified atom stereocenters. The van der Waals surface area contributed by atoms with Crippen LogP contribution in [0.3, 0.4) is 0 Å². The maximum Gasteiger partial charge on any atom is 0.234 e. The molecule has 0 spiro atoms. The van der Waals surface area contributed by atoms with E-state index in [1.54, 1.807) is 7.11 Å². The van der Waals surface area contributed by atoms with Gasteiger partial charge in [-0.2, -0.15) is 0 Å². The van der Waals surface area contributed by atoms with Gasteiger partial charge in [0.2, 0.25) is 5.91 Å². The highest BCUT2D eigenvalue weighted by atomic mass is 35.5. The van der Waals surface area contributed by atoms with E-state index >= 15 is 0 Å². The molecule has 2 rings (SSSR count). The van der Waals surface area contributed by atoms with Gasteiger partial charge in [0.1, 0.15) is 5.75 Å². The summed E-state index contributed by atoms with van der Waals surface area (Å²) in [5.41, 5.74) is 2.24. The molecule has 4 nitrogen and oxygen atoms in total. The first-order chi connectivity index (χ1) is 11.2. The van der Waals surface area contributed by atoms with Crippen molar-refractivity contribution in [1.82, 2.24) is 10.6 Å². The molecule has 2 N–H and O–H groups in total. The summed E-state index contributed by atoms with van der Waals surface area (Å²) < 4.78 is 5.10. The Morgan fingerprint density at radius 2 is 1.70 bits per heavy atom. The number of ether oxygens (including phenoxy) is 1. The van der Waals surface area contributed by atoms with Crippen LogP contribution in [-0.4, -0.2) is 26.1 Å². The van der Waals surface area contributed by atoms with Gasteiger partial charge in [-0.1, -0.05) is 35.9 Å². The monoisotopic (exact) mass is 332 g/mol. The molecule has 0 aliphatic heterocycles. The minimum Gasteiger partial charge on any atom is -0.497 e. The van der Waals surface area contributed by atoms with Gasteiger partial charge in [-0.15, -0.1) is 0 Å². The van der Waals surface area contributed by atoms with Crippen molar-refractivity contribution < 1.29 is 9.53 Å². The summed E-state index contributed by atoms with van der Waals surface area (Å²) in [5, 5.41) is 6.76. The predicted molar refractivity (Wildman–Crippen MR) is 92.9 cm³/mol. The quantitative estimate of drug-likeness (QED) is 0.731. The molecule has 0 fully saturated rings. The van der Waals surface area contributed by atoms with Crippen LogP contribution in [0, 0.1) is 0 Å². The number of hydrogen-bond acceptors (Lipinski definition) is 3. The largest absolute Gasteiger partial charge is 0.497 e. The summed E-state index contributed by atoms with van der Waals surface area (Å²) in [6.07, 6.45) is 0.864. The van der Waals surface area contributed by atoms with E-state index in [1.807, 2.05) is 48.5 Å². The molecular weight excluding hydrogens is 312 g/mol. The zero-order valence-corrected chi connectivity index (χ0v) is 13.9. The molecule has 23 heavy (non-hydrogen) atoms. The van der Waals surface area contributed by atoms with E-state index in [1.165, 1.54) is 5.56 Å². The van der Waals surface area contributed by atoms with E-state index in [0.29, 0.717) is 13.1 Å². The summed E-state index contributed by atoms with van der Waals surface area (Å²) >= 11 is 5.84. The maximum atomic E-state index is 11.8. The normalized spacial score (nSPS) is 10.3. The lowest BCUT2D eigenvalue weighted by atomic mass is 10.1. The highest BCUT2D eigenvalue weighted by Gasteiger charge is 2.01. The van der Waals surface area contributed by atoms with Crippen LogP contribution in [0.25, 0.3) is 0 Å². The first kappa shape index (κ1) is 17.3. The third-order valence-electron chi connectivity index (χ3n) is 3.44. The number of hydrogen-bond donors (Lipinski definition) is 2. The van der Waals surface area contributed by atoms with Crippen molar-refractivity contribution >= 4 is 17.5 Å². The number of nitrogens with one attached hydrogen (secondary N) is 2. The Bertz CT molecular complexity index is 612. The maximum absolute atomic E-state index is 11.8. The lowest BCUT2D eigenvalue weighted by Crippen LogP contribution is -2.34. The van der Waals surface area contributed by atoms with Crippen molar-refractivity contribution in [3.05, 3.63) is 64.7 Å². The van der Waals surface area contributed by atoms with Crippen molar-refractivity contribution in [3.63, 3.8) is 0 Å². The van der Waals surface area contributed by atoms with Crippen LogP contribution in [0.1, 0.15) is 11.1 Å². The topological polar surface area (TPSA) is 50.4 Å². The zero-order valence-electron chi connectivity index (χ0n) is 13.1. The first-order valence-corrected chi connectivity index (χ1v) is 7.90. The number of benzene rings is 2.